The first kappa shape index (κ1) is 10.3. The average molecular weight is 192 g/mol. The number of hydrogen-bond donors (Lipinski definition) is 2. The van der Waals surface area contributed by atoms with Gasteiger partial charge in [-0.1, -0.05) is 6.92 Å². The Morgan fingerprint density at radius 3 is 2.42 bits per heavy atom. The monoisotopic (exact) mass is 192 g/mol. The molecule has 3 nitrogen and oxygen atoms in total. The Kier molecular flexibility index (Phi) is 3.04. The lowest BCUT2D eigenvalue weighted by Gasteiger charge is -2.18. The predicted molar refractivity (Wildman–Crippen MR) is 49.4 cm³/mol. The maximum absolute atomic E-state index is 8.98. The maximum Gasteiger partial charge on any atom is 0.163 e. The molecule has 0 amide bonds. The van der Waals surface area contributed by atoms with Gasteiger partial charge < -0.3 is 14.6 Å². The van der Waals surface area contributed by atoms with Gasteiger partial charge in [-0.15, -0.1) is 0 Å². The average Bonchev–Trinajstić information content (AvgIpc) is 2.25. The molecule has 0 aromatic rings. The van der Waals surface area contributed by atoms with Crippen molar-refractivity contribution < 1.29 is 14.6 Å². The molecule has 1 fully saturated rings. The standard InChI is InChI=1S/C8H16O3S/c1-5(12)7-6(4-9)10-8(2,3)11-7/h5-7,9,12H,4H2,1-3H3/t5-,6-,7+/m0/s1. The summed E-state index contributed by atoms with van der Waals surface area (Å²) in [5, 5.41) is 9.05. The second-order valence-electron chi connectivity index (χ2n) is 3.56. The van der Waals surface area contributed by atoms with Crippen molar-refractivity contribution in [3.8, 4) is 0 Å². The molecule has 1 rings (SSSR count). The first-order valence-electron chi connectivity index (χ1n) is 4.11. The fourth-order valence-electron chi connectivity index (χ4n) is 1.41. The van der Waals surface area contributed by atoms with Crippen molar-refractivity contribution in [2.45, 2.75) is 44.0 Å². The molecule has 1 aliphatic rings. The number of rotatable bonds is 2. The van der Waals surface area contributed by atoms with Crippen molar-refractivity contribution in [1.29, 1.82) is 0 Å². The minimum atomic E-state index is -0.588. The Bertz CT molecular complexity index is 158. The number of ether oxygens (including phenoxy) is 2. The van der Waals surface area contributed by atoms with Gasteiger partial charge in [0.1, 0.15) is 12.2 Å². The molecule has 1 aliphatic heterocycles. The summed E-state index contributed by atoms with van der Waals surface area (Å²) < 4.78 is 11.0. The van der Waals surface area contributed by atoms with Crippen molar-refractivity contribution in [3.63, 3.8) is 0 Å². The van der Waals surface area contributed by atoms with Crippen LogP contribution < -0.4 is 0 Å². The lowest BCUT2D eigenvalue weighted by Crippen LogP contribution is -2.32. The molecule has 0 saturated carbocycles. The second kappa shape index (κ2) is 3.54. The summed E-state index contributed by atoms with van der Waals surface area (Å²) in [7, 11) is 0. The third-order valence-corrected chi connectivity index (χ3v) is 2.17. The molecule has 0 aliphatic carbocycles. The third kappa shape index (κ3) is 2.13. The fourth-order valence-corrected chi connectivity index (χ4v) is 1.67. The normalized spacial score (nSPS) is 36.8. The van der Waals surface area contributed by atoms with Gasteiger partial charge in [0.25, 0.3) is 0 Å². The van der Waals surface area contributed by atoms with Crippen LogP contribution in [-0.2, 0) is 9.47 Å². The Labute approximate surface area is 78.5 Å². The predicted octanol–water partition coefficient (Wildman–Crippen LogP) is 0.817. The molecule has 72 valence electrons. The van der Waals surface area contributed by atoms with E-state index in [9.17, 15) is 0 Å². The van der Waals surface area contributed by atoms with Crippen LogP contribution >= 0.6 is 12.6 Å². The van der Waals surface area contributed by atoms with Gasteiger partial charge in [0.05, 0.1) is 6.61 Å². The second-order valence-corrected chi connectivity index (χ2v) is 4.38. The summed E-state index contributed by atoms with van der Waals surface area (Å²) >= 11 is 4.27. The van der Waals surface area contributed by atoms with Crippen molar-refractivity contribution in [1.82, 2.24) is 0 Å². The summed E-state index contributed by atoms with van der Waals surface area (Å²) in [6, 6.07) is 0. The molecule has 0 unspecified atom stereocenters. The highest BCUT2D eigenvalue weighted by molar-refractivity contribution is 7.81. The van der Waals surface area contributed by atoms with E-state index in [0.29, 0.717) is 0 Å². The van der Waals surface area contributed by atoms with Gasteiger partial charge >= 0.3 is 0 Å². The lowest BCUT2D eigenvalue weighted by molar-refractivity contribution is -0.148. The topological polar surface area (TPSA) is 38.7 Å². The Morgan fingerprint density at radius 2 is 2.08 bits per heavy atom. The largest absolute Gasteiger partial charge is 0.394 e. The number of hydrogen-bond acceptors (Lipinski definition) is 4. The van der Waals surface area contributed by atoms with Crippen LogP contribution in [0.15, 0.2) is 0 Å². The molecule has 0 aromatic carbocycles. The van der Waals surface area contributed by atoms with E-state index in [4.69, 9.17) is 14.6 Å². The van der Waals surface area contributed by atoms with E-state index in [1.807, 2.05) is 20.8 Å². The van der Waals surface area contributed by atoms with Gasteiger partial charge in [0, 0.05) is 5.25 Å². The van der Waals surface area contributed by atoms with Crippen molar-refractivity contribution in [3.05, 3.63) is 0 Å². The Morgan fingerprint density at radius 1 is 1.50 bits per heavy atom. The zero-order chi connectivity index (χ0) is 9.35. The quantitative estimate of drug-likeness (QED) is 0.636. The molecule has 0 spiro atoms. The molecule has 0 radical (unpaired) electrons. The highest BCUT2D eigenvalue weighted by Gasteiger charge is 2.42. The zero-order valence-electron chi connectivity index (χ0n) is 7.65. The van der Waals surface area contributed by atoms with Crippen LogP contribution in [-0.4, -0.2) is 35.0 Å². The Hall–Kier alpha value is 0.230. The van der Waals surface area contributed by atoms with E-state index in [0.717, 1.165) is 0 Å². The van der Waals surface area contributed by atoms with Gasteiger partial charge in [0.15, 0.2) is 5.79 Å². The highest BCUT2D eigenvalue weighted by Crippen LogP contribution is 2.30. The summed E-state index contributed by atoms with van der Waals surface area (Å²) in [5.41, 5.74) is 0. The van der Waals surface area contributed by atoms with E-state index in [1.54, 1.807) is 0 Å². The molecule has 1 saturated heterocycles. The summed E-state index contributed by atoms with van der Waals surface area (Å²) in [6.07, 6.45) is -0.360. The van der Waals surface area contributed by atoms with Gasteiger partial charge in [-0.05, 0) is 13.8 Å². The summed E-state index contributed by atoms with van der Waals surface area (Å²) in [6.45, 7) is 5.60. The minimum absolute atomic E-state index is 0.0149. The van der Waals surface area contributed by atoms with Crippen molar-refractivity contribution in [2.24, 2.45) is 0 Å². The molecular weight excluding hydrogens is 176 g/mol. The molecule has 1 N–H and O–H groups in total. The fraction of sp³-hybridized carbons (Fsp3) is 1.00. The molecular formula is C8H16O3S. The van der Waals surface area contributed by atoms with Crippen LogP contribution in [0.1, 0.15) is 20.8 Å². The van der Waals surface area contributed by atoms with Crippen molar-refractivity contribution in [2.75, 3.05) is 6.61 Å². The lowest BCUT2D eigenvalue weighted by atomic mass is 10.1. The zero-order valence-corrected chi connectivity index (χ0v) is 8.54. The van der Waals surface area contributed by atoms with Crippen molar-refractivity contribution >= 4 is 12.6 Å². The van der Waals surface area contributed by atoms with Crippen LogP contribution in [0.3, 0.4) is 0 Å². The maximum atomic E-state index is 8.98. The minimum Gasteiger partial charge on any atom is -0.394 e. The highest BCUT2D eigenvalue weighted by atomic mass is 32.1. The van der Waals surface area contributed by atoms with Gasteiger partial charge in [0.2, 0.25) is 0 Å². The first-order chi connectivity index (χ1) is 5.46. The molecule has 0 aromatic heterocycles. The number of aliphatic hydroxyl groups is 1. The third-order valence-electron chi connectivity index (χ3n) is 1.88. The van der Waals surface area contributed by atoms with Gasteiger partial charge in [-0.25, -0.2) is 0 Å². The smallest absolute Gasteiger partial charge is 0.163 e. The molecule has 12 heavy (non-hydrogen) atoms. The summed E-state index contributed by atoms with van der Waals surface area (Å²) in [4.78, 5) is 0. The van der Waals surface area contributed by atoms with Crippen LogP contribution in [0.2, 0.25) is 0 Å². The van der Waals surface area contributed by atoms with Crippen LogP contribution in [0.5, 0.6) is 0 Å². The summed E-state index contributed by atoms with van der Waals surface area (Å²) in [5.74, 6) is -0.588. The van der Waals surface area contributed by atoms with Gasteiger partial charge in [-0.3, -0.25) is 0 Å². The Balaban J connectivity index is 2.63. The first-order valence-corrected chi connectivity index (χ1v) is 4.62. The van der Waals surface area contributed by atoms with E-state index in [-0.39, 0.29) is 24.1 Å². The number of thiol groups is 1. The molecule has 3 atom stereocenters. The van der Waals surface area contributed by atoms with E-state index in [2.05, 4.69) is 12.6 Å². The molecule has 4 heteroatoms. The SMILES string of the molecule is C[C@H](S)[C@H]1OC(C)(C)O[C@H]1CO. The van der Waals surface area contributed by atoms with Gasteiger partial charge in [-0.2, -0.15) is 12.6 Å². The molecule has 0 bridgehead atoms. The van der Waals surface area contributed by atoms with Crippen LogP contribution in [0.25, 0.3) is 0 Å². The number of aliphatic hydroxyl groups excluding tert-OH is 1. The van der Waals surface area contributed by atoms with Crippen LogP contribution in [0.4, 0.5) is 0 Å². The van der Waals surface area contributed by atoms with E-state index < -0.39 is 5.79 Å². The molecule has 1 heterocycles. The van der Waals surface area contributed by atoms with Crippen LogP contribution in [0, 0.1) is 0 Å². The van der Waals surface area contributed by atoms with E-state index >= 15 is 0 Å². The van der Waals surface area contributed by atoms with E-state index in [1.165, 1.54) is 0 Å².